The third-order valence-corrected chi connectivity index (χ3v) is 2.87. The van der Waals surface area contributed by atoms with Crippen molar-refractivity contribution in [3.63, 3.8) is 0 Å². The molecule has 0 aliphatic heterocycles. The van der Waals surface area contributed by atoms with Crippen molar-refractivity contribution >= 4 is 17.5 Å². The van der Waals surface area contributed by atoms with Crippen molar-refractivity contribution in [3.8, 4) is 0 Å². The Morgan fingerprint density at radius 3 is 2.19 bits per heavy atom. The number of hydrogen-bond acceptors (Lipinski definition) is 3. The van der Waals surface area contributed by atoms with Crippen LogP contribution in [0.4, 0.5) is 5.69 Å². The Morgan fingerprint density at radius 2 is 1.71 bits per heavy atom. The Balaban J connectivity index is 2.57. The lowest BCUT2D eigenvalue weighted by Crippen LogP contribution is -2.35. The van der Waals surface area contributed by atoms with Gasteiger partial charge in [-0.2, -0.15) is 0 Å². The van der Waals surface area contributed by atoms with Gasteiger partial charge >= 0.3 is 0 Å². The van der Waals surface area contributed by atoms with Gasteiger partial charge < -0.3 is 15.5 Å². The van der Waals surface area contributed by atoms with Gasteiger partial charge in [0.2, 0.25) is 5.91 Å². The van der Waals surface area contributed by atoms with Crippen molar-refractivity contribution < 1.29 is 9.59 Å². The Labute approximate surface area is 125 Å². The number of nitrogens with one attached hydrogen (secondary N) is 2. The molecule has 5 nitrogen and oxygen atoms in total. The molecular weight excluding hydrogens is 266 g/mol. The molecule has 0 bridgehead atoms. The summed E-state index contributed by atoms with van der Waals surface area (Å²) in [4.78, 5) is 25.1. The number of rotatable bonds is 8. The van der Waals surface area contributed by atoms with E-state index in [4.69, 9.17) is 0 Å². The molecule has 0 spiro atoms. The lowest BCUT2D eigenvalue weighted by Gasteiger charge is -2.19. The highest BCUT2D eigenvalue weighted by Crippen LogP contribution is 2.09. The van der Waals surface area contributed by atoms with E-state index in [1.165, 1.54) is 0 Å². The monoisotopic (exact) mass is 287 g/mol. The van der Waals surface area contributed by atoms with Crippen molar-refractivity contribution in [3.05, 3.63) is 55.1 Å². The number of carbonyl (C=O) groups is 2. The molecule has 2 amide bonds. The van der Waals surface area contributed by atoms with Crippen molar-refractivity contribution in [2.45, 2.75) is 0 Å². The van der Waals surface area contributed by atoms with Crippen LogP contribution in [0.3, 0.4) is 0 Å². The predicted molar refractivity (Wildman–Crippen MR) is 85.3 cm³/mol. The Hall–Kier alpha value is -2.56. The van der Waals surface area contributed by atoms with Crippen molar-refractivity contribution in [1.29, 1.82) is 0 Å². The molecule has 112 valence electrons. The maximum absolute atomic E-state index is 12.0. The van der Waals surface area contributed by atoms with Gasteiger partial charge in [0.1, 0.15) is 0 Å². The van der Waals surface area contributed by atoms with Gasteiger partial charge in [0.15, 0.2) is 0 Å². The summed E-state index contributed by atoms with van der Waals surface area (Å²) in [6.07, 6.45) is 3.36. The van der Waals surface area contributed by atoms with E-state index in [2.05, 4.69) is 23.8 Å². The largest absolute Gasteiger partial charge is 0.376 e. The molecule has 0 saturated heterocycles. The van der Waals surface area contributed by atoms with Crippen molar-refractivity contribution in [2.24, 2.45) is 0 Å². The average molecular weight is 287 g/mol. The van der Waals surface area contributed by atoms with Crippen LogP contribution in [0.2, 0.25) is 0 Å². The second kappa shape index (κ2) is 8.58. The van der Waals surface area contributed by atoms with Crippen molar-refractivity contribution in [2.75, 3.05) is 32.0 Å². The normalized spacial score (nSPS) is 9.57. The second-order valence-electron chi connectivity index (χ2n) is 4.39. The molecule has 0 aliphatic rings. The quantitative estimate of drug-likeness (QED) is 0.715. The number of anilines is 1. The summed E-state index contributed by atoms with van der Waals surface area (Å²) in [6.45, 7) is 8.42. The van der Waals surface area contributed by atoms with Crippen LogP contribution in [0.15, 0.2) is 49.6 Å². The Kier molecular flexibility index (Phi) is 6.74. The number of benzene rings is 1. The van der Waals surface area contributed by atoms with Crippen LogP contribution in [0.5, 0.6) is 0 Å². The molecule has 0 unspecified atom stereocenters. The standard InChI is InChI=1S/C16H21N3O2/c1-4-10-19(11-5-2)15(20)12-18-14-8-6-13(7-9-14)16(21)17-3/h4-9,18H,1-2,10-12H2,3H3,(H,17,21). The molecule has 21 heavy (non-hydrogen) atoms. The molecule has 0 heterocycles. The minimum Gasteiger partial charge on any atom is -0.376 e. The van der Waals surface area contributed by atoms with Crippen LogP contribution in [0.1, 0.15) is 10.4 Å². The summed E-state index contributed by atoms with van der Waals surface area (Å²) in [5.41, 5.74) is 1.36. The second-order valence-corrected chi connectivity index (χ2v) is 4.39. The lowest BCUT2D eigenvalue weighted by molar-refractivity contribution is -0.128. The van der Waals surface area contributed by atoms with Crippen LogP contribution < -0.4 is 10.6 Å². The molecule has 1 rings (SSSR count). The summed E-state index contributed by atoms with van der Waals surface area (Å²) in [5, 5.41) is 5.59. The maximum Gasteiger partial charge on any atom is 0.251 e. The van der Waals surface area contributed by atoms with Crippen LogP contribution in [0.25, 0.3) is 0 Å². The molecule has 0 aromatic heterocycles. The van der Waals surface area contributed by atoms with Crippen LogP contribution >= 0.6 is 0 Å². The van der Waals surface area contributed by atoms with Crippen LogP contribution in [0, 0.1) is 0 Å². The smallest absolute Gasteiger partial charge is 0.251 e. The SMILES string of the molecule is C=CCN(CC=C)C(=O)CNc1ccc(C(=O)NC)cc1. The zero-order chi connectivity index (χ0) is 15.7. The first-order valence-electron chi connectivity index (χ1n) is 6.68. The first-order valence-corrected chi connectivity index (χ1v) is 6.68. The average Bonchev–Trinajstić information content (AvgIpc) is 2.52. The number of carbonyl (C=O) groups excluding carboxylic acids is 2. The minimum absolute atomic E-state index is 0.0369. The summed E-state index contributed by atoms with van der Waals surface area (Å²) in [7, 11) is 1.58. The van der Waals surface area contributed by atoms with Gasteiger partial charge in [-0.15, -0.1) is 13.2 Å². The number of amides is 2. The van der Waals surface area contributed by atoms with Gasteiger partial charge in [-0.1, -0.05) is 12.2 Å². The van der Waals surface area contributed by atoms with Gasteiger partial charge in [-0.25, -0.2) is 0 Å². The summed E-state index contributed by atoms with van der Waals surface area (Å²) < 4.78 is 0. The predicted octanol–water partition coefficient (Wildman–Crippen LogP) is 1.66. The lowest BCUT2D eigenvalue weighted by atomic mass is 10.2. The molecule has 1 aromatic rings. The fourth-order valence-corrected chi connectivity index (χ4v) is 1.76. The molecule has 0 saturated carbocycles. The molecule has 2 N–H and O–H groups in total. The Morgan fingerprint density at radius 1 is 1.14 bits per heavy atom. The topological polar surface area (TPSA) is 61.4 Å². The summed E-state index contributed by atoms with van der Waals surface area (Å²) in [5.74, 6) is -0.175. The van der Waals surface area contributed by atoms with E-state index in [1.807, 2.05) is 0 Å². The number of hydrogen-bond donors (Lipinski definition) is 2. The van der Waals surface area contributed by atoms with E-state index in [-0.39, 0.29) is 18.4 Å². The molecule has 5 heteroatoms. The van der Waals surface area contributed by atoms with Gasteiger partial charge in [-0.3, -0.25) is 9.59 Å². The minimum atomic E-state index is -0.138. The Bertz CT molecular complexity index is 499. The summed E-state index contributed by atoms with van der Waals surface area (Å²) in [6, 6.07) is 6.94. The van der Waals surface area contributed by atoms with Crippen LogP contribution in [-0.4, -0.2) is 43.4 Å². The first-order chi connectivity index (χ1) is 10.1. The number of nitrogens with zero attached hydrogens (tertiary/aromatic N) is 1. The fourth-order valence-electron chi connectivity index (χ4n) is 1.76. The van der Waals surface area contributed by atoms with E-state index in [0.717, 1.165) is 5.69 Å². The highest BCUT2D eigenvalue weighted by Gasteiger charge is 2.10. The highest BCUT2D eigenvalue weighted by molar-refractivity contribution is 5.94. The fraction of sp³-hybridized carbons (Fsp3) is 0.250. The summed E-state index contributed by atoms with van der Waals surface area (Å²) >= 11 is 0. The van der Waals surface area contributed by atoms with E-state index < -0.39 is 0 Å². The van der Waals surface area contributed by atoms with Crippen LogP contribution in [-0.2, 0) is 4.79 Å². The van der Waals surface area contributed by atoms with Gasteiger partial charge in [0.25, 0.3) is 5.91 Å². The molecular formula is C16H21N3O2. The van der Waals surface area contributed by atoms with Gasteiger partial charge in [0.05, 0.1) is 6.54 Å². The van der Waals surface area contributed by atoms with E-state index in [0.29, 0.717) is 18.7 Å². The van der Waals surface area contributed by atoms with Gasteiger partial charge in [0, 0.05) is 31.4 Å². The van der Waals surface area contributed by atoms with E-state index >= 15 is 0 Å². The maximum atomic E-state index is 12.0. The van der Waals surface area contributed by atoms with E-state index in [1.54, 1.807) is 48.4 Å². The highest BCUT2D eigenvalue weighted by atomic mass is 16.2. The van der Waals surface area contributed by atoms with Gasteiger partial charge in [-0.05, 0) is 24.3 Å². The third-order valence-electron chi connectivity index (χ3n) is 2.87. The molecule has 0 aliphatic carbocycles. The molecule has 1 aromatic carbocycles. The third kappa shape index (κ3) is 5.14. The zero-order valence-corrected chi connectivity index (χ0v) is 12.3. The van der Waals surface area contributed by atoms with E-state index in [9.17, 15) is 9.59 Å². The first kappa shape index (κ1) is 16.5. The molecule has 0 atom stereocenters. The molecule has 0 fully saturated rings. The molecule has 0 radical (unpaired) electrons. The van der Waals surface area contributed by atoms with Crippen molar-refractivity contribution in [1.82, 2.24) is 10.2 Å². The zero-order valence-electron chi connectivity index (χ0n) is 12.3.